The molecule has 0 aliphatic carbocycles. The van der Waals surface area contributed by atoms with Gasteiger partial charge in [-0.25, -0.2) is 19.1 Å². The Labute approximate surface area is 237 Å². The highest BCUT2D eigenvalue weighted by atomic mass is 19.3. The number of alkyl halides is 2. The number of halogens is 2. The molecule has 1 saturated heterocycles. The van der Waals surface area contributed by atoms with Crippen LogP contribution in [0.15, 0.2) is 35.3 Å². The molecule has 6 rings (SSSR count). The number of aromatic nitrogens is 2. The van der Waals surface area contributed by atoms with Crippen LogP contribution in [0.2, 0.25) is 0 Å². The Hall–Kier alpha value is -4.64. The van der Waals surface area contributed by atoms with Crippen LogP contribution in [0.4, 0.5) is 8.78 Å². The van der Waals surface area contributed by atoms with E-state index in [1.54, 1.807) is 13.0 Å². The summed E-state index contributed by atoms with van der Waals surface area (Å²) in [7, 11) is 0. The van der Waals surface area contributed by atoms with E-state index < -0.39 is 59.3 Å². The van der Waals surface area contributed by atoms with E-state index in [2.05, 4.69) is 36.1 Å². The standard InChI is InChI=1S/C25H28F2N10O5/c1-11-5-6-14(36-35-11)20(39)30-9-15-18-24(34-21(28)33-18)25(40,41)16(10-37(24)22(29)31-15)32-19(38)12-3-2-4-13-17(12)42-8-7-23(13,26)27/h2-6,15-16,18,40-41H,7-10H2,1H3,(H2,29,31)(H,30,39)(H,32,38)(H3,28,33,34)/p+1/t15-,16?,18-,24-/m0/s1. The van der Waals surface area contributed by atoms with Crippen molar-refractivity contribution in [3.8, 4) is 5.75 Å². The van der Waals surface area contributed by atoms with Crippen LogP contribution >= 0.6 is 0 Å². The zero-order valence-electron chi connectivity index (χ0n) is 22.3. The van der Waals surface area contributed by atoms with Crippen molar-refractivity contribution in [2.45, 2.75) is 48.8 Å². The van der Waals surface area contributed by atoms with Gasteiger partial charge in [-0.2, -0.15) is 5.10 Å². The van der Waals surface area contributed by atoms with Gasteiger partial charge >= 0.3 is 5.96 Å². The van der Waals surface area contributed by atoms with Gasteiger partial charge in [0, 0.05) is 6.54 Å². The van der Waals surface area contributed by atoms with E-state index in [1.807, 2.05) is 0 Å². The number of ether oxygens (including phenoxy) is 1. The molecule has 4 aliphatic rings. The molecule has 1 unspecified atom stereocenters. The number of nitrogens with one attached hydrogen (secondary N) is 4. The molecule has 2 aromatic rings. The summed E-state index contributed by atoms with van der Waals surface area (Å²) in [6, 6.07) is 3.71. The second-order valence-corrected chi connectivity index (χ2v) is 10.6. The Morgan fingerprint density at radius 1 is 1.21 bits per heavy atom. The molecule has 4 atom stereocenters. The molecular weight excluding hydrogens is 558 g/mol. The second kappa shape index (κ2) is 9.45. The normalized spacial score (nSPS) is 28.2. The molecule has 10 N–H and O–H groups in total. The number of hydrogen-bond acceptors (Lipinski definition) is 12. The first-order valence-corrected chi connectivity index (χ1v) is 13.1. The van der Waals surface area contributed by atoms with Gasteiger partial charge in [0.15, 0.2) is 17.7 Å². The van der Waals surface area contributed by atoms with E-state index in [1.165, 1.54) is 29.2 Å². The number of hydrogen-bond donors (Lipinski definition) is 8. The van der Waals surface area contributed by atoms with Crippen LogP contribution in [-0.4, -0.2) is 98.3 Å². The van der Waals surface area contributed by atoms with Gasteiger partial charge in [0.1, 0.15) is 17.8 Å². The fraction of sp³-hybridized carbons (Fsp3) is 0.440. The van der Waals surface area contributed by atoms with Gasteiger partial charge < -0.3 is 31.3 Å². The second-order valence-electron chi connectivity index (χ2n) is 10.6. The number of benzene rings is 1. The number of guanidine groups is 2. The van der Waals surface area contributed by atoms with Crippen LogP contribution in [0, 0.1) is 6.92 Å². The summed E-state index contributed by atoms with van der Waals surface area (Å²) in [5, 5.41) is 39.0. The van der Waals surface area contributed by atoms with E-state index in [-0.39, 0.29) is 48.6 Å². The number of carbonyl (C=O) groups excluding carboxylic acids is 2. The Morgan fingerprint density at radius 2 is 2.00 bits per heavy atom. The lowest BCUT2D eigenvalue weighted by atomic mass is 9.85. The predicted molar refractivity (Wildman–Crippen MR) is 140 cm³/mol. The van der Waals surface area contributed by atoms with Crippen molar-refractivity contribution in [3.05, 3.63) is 52.8 Å². The summed E-state index contributed by atoms with van der Waals surface area (Å²) in [4.78, 5) is 34.7. The molecule has 0 bridgehead atoms. The van der Waals surface area contributed by atoms with Crippen molar-refractivity contribution in [1.29, 1.82) is 0 Å². The van der Waals surface area contributed by atoms with Crippen LogP contribution in [0.1, 0.15) is 38.5 Å². The van der Waals surface area contributed by atoms with E-state index >= 15 is 0 Å². The maximum Gasteiger partial charge on any atom is 0.343 e. The lowest BCUT2D eigenvalue weighted by Crippen LogP contribution is -2.90. The fourth-order valence-corrected chi connectivity index (χ4v) is 5.96. The Bertz CT molecular complexity index is 1520. The first-order chi connectivity index (χ1) is 19.8. The Balaban J connectivity index is 1.26. The molecule has 5 heterocycles. The molecule has 2 amide bonds. The number of amides is 2. The van der Waals surface area contributed by atoms with E-state index in [9.17, 15) is 28.6 Å². The maximum atomic E-state index is 14.5. The lowest BCUT2D eigenvalue weighted by molar-refractivity contribution is -0.521. The fourth-order valence-electron chi connectivity index (χ4n) is 5.96. The molecular formula is C25H29F2N10O5+. The van der Waals surface area contributed by atoms with E-state index in [0.29, 0.717) is 5.69 Å². The van der Waals surface area contributed by atoms with Gasteiger partial charge in [0.05, 0.1) is 36.4 Å². The Morgan fingerprint density at radius 3 is 2.74 bits per heavy atom. The van der Waals surface area contributed by atoms with Crippen LogP contribution in [0.25, 0.3) is 0 Å². The molecule has 42 heavy (non-hydrogen) atoms. The molecule has 222 valence electrons. The van der Waals surface area contributed by atoms with Crippen LogP contribution in [-0.2, 0) is 5.92 Å². The van der Waals surface area contributed by atoms with Gasteiger partial charge in [0.2, 0.25) is 5.79 Å². The highest BCUT2D eigenvalue weighted by molar-refractivity contribution is 5.98. The minimum Gasteiger partial charge on any atom is -0.492 e. The Kier molecular flexibility index (Phi) is 6.19. The van der Waals surface area contributed by atoms with Crippen molar-refractivity contribution in [2.24, 2.45) is 16.5 Å². The molecule has 17 heteroatoms. The molecule has 1 spiro atoms. The summed E-state index contributed by atoms with van der Waals surface area (Å²) >= 11 is 0. The number of fused-ring (bicyclic) bond motifs is 1. The summed E-state index contributed by atoms with van der Waals surface area (Å²) in [6.07, 6.45) is -0.530. The van der Waals surface area contributed by atoms with E-state index in [4.69, 9.17) is 16.2 Å². The number of aliphatic hydroxyl groups is 2. The zero-order chi connectivity index (χ0) is 30.0. The van der Waals surface area contributed by atoms with Gasteiger partial charge in [-0.1, -0.05) is 6.07 Å². The molecule has 1 aromatic heterocycles. The summed E-state index contributed by atoms with van der Waals surface area (Å²) in [5.41, 5.74) is 10.6. The lowest BCUT2D eigenvalue weighted by Gasteiger charge is -2.46. The first kappa shape index (κ1) is 27.5. The number of para-hydroxylation sites is 1. The third-order valence-electron chi connectivity index (χ3n) is 8.01. The molecule has 15 nitrogen and oxygen atoms in total. The number of carbonyl (C=O) groups is 2. The zero-order valence-corrected chi connectivity index (χ0v) is 22.3. The average Bonchev–Trinajstić information content (AvgIpc) is 3.41. The smallest absolute Gasteiger partial charge is 0.343 e. The van der Waals surface area contributed by atoms with Crippen molar-refractivity contribution >= 4 is 23.7 Å². The highest BCUT2D eigenvalue weighted by Gasteiger charge is 2.76. The quantitative estimate of drug-likeness (QED) is 0.157. The monoisotopic (exact) mass is 587 g/mol. The van der Waals surface area contributed by atoms with Crippen molar-refractivity contribution in [2.75, 3.05) is 19.7 Å². The minimum atomic E-state index is -3.18. The van der Waals surface area contributed by atoms with Gasteiger partial charge in [-0.15, -0.1) is 5.10 Å². The van der Waals surface area contributed by atoms with E-state index in [0.717, 1.165) is 0 Å². The molecule has 1 fully saturated rings. The van der Waals surface area contributed by atoms with Crippen molar-refractivity contribution in [3.63, 3.8) is 0 Å². The van der Waals surface area contributed by atoms with Crippen molar-refractivity contribution in [1.82, 2.24) is 31.0 Å². The molecule has 1 aromatic carbocycles. The molecule has 4 aliphatic heterocycles. The SMILES string of the molecule is Cc1ccc(C(=O)NC[C@@H]2N=C(N)N3CC(NC(=O)c4cccc5c4OCCC5(F)F)C(O)(O)[C@@]34NC(N)=[NH+][C@@H]24)nn1. The number of aliphatic imine (C=N–C) groups is 1. The third-order valence-corrected chi connectivity index (χ3v) is 8.01. The number of rotatable bonds is 5. The van der Waals surface area contributed by atoms with Crippen molar-refractivity contribution < 1.29 is 38.3 Å². The van der Waals surface area contributed by atoms with Gasteiger partial charge in [-0.05, 0) is 31.2 Å². The highest BCUT2D eigenvalue weighted by Crippen LogP contribution is 2.44. The first-order valence-electron chi connectivity index (χ1n) is 13.1. The van der Waals surface area contributed by atoms with Gasteiger partial charge in [-0.3, -0.25) is 25.2 Å². The number of nitrogens with zero attached hydrogens (tertiary/aromatic N) is 4. The number of aryl methyl sites for hydroxylation is 1. The van der Waals surface area contributed by atoms with Gasteiger partial charge in [0.25, 0.3) is 23.4 Å². The van der Waals surface area contributed by atoms with Crippen LogP contribution in [0.5, 0.6) is 5.75 Å². The number of nitrogens with two attached hydrogens (primary N) is 2. The summed E-state index contributed by atoms with van der Waals surface area (Å²) in [5.74, 6) is -7.74. The largest absolute Gasteiger partial charge is 0.492 e. The predicted octanol–water partition coefficient (Wildman–Crippen LogP) is -4.06. The topological polar surface area (TPSA) is 227 Å². The molecule has 0 radical (unpaired) electrons. The minimum absolute atomic E-state index is 0.0251. The maximum absolute atomic E-state index is 14.5. The van der Waals surface area contributed by atoms with Crippen LogP contribution in [0.3, 0.4) is 0 Å². The third kappa shape index (κ3) is 4.06. The molecule has 0 saturated carbocycles. The summed E-state index contributed by atoms with van der Waals surface area (Å²) in [6.45, 7) is 1.09. The average molecular weight is 588 g/mol. The summed E-state index contributed by atoms with van der Waals surface area (Å²) < 4.78 is 34.4. The van der Waals surface area contributed by atoms with Crippen LogP contribution < -0.4 is 37.1 Å².